The van der Waals surface area contributed by atoms with Crippen molar-refractivity contribution in [2.24, 2.45) is 0 Å². The third-order valence-electron chi connectivity index (χ3n) is 2.60. The monoisotopic (exact) mass is 292 g/mol. The number of hydrogen-bond acceptors (Lipinski definition) is 4. The number of sulfonamides is 1. The third-order valence-corrected chi connectivity index (χ3v) is 4.00. The molecular formula is C13H12N2O4S. The van der Waals surface area contributed by atoms with Crippen LogP contribution in [-0.4, -0.2) is 19.2 Å². The molecule has 6 nitrogen and oxygen atoms in total. The Morgan fingerprint density at radius 3 is 2.65 bits per heavy atom. The smallest absolute Gasteiger partial charge is 0.267 e. The highest BCUT2D eigenvalue weighted by atomic mass is 32.2. The first-order valence-electron chi connectivity index (χ1n) is 5.71. The van der Waals surface area contributed by atoms with Gasteiger partial charge in [0.1, 0.15) is 0 Å². The summed E-state index contributed by atoms with van der Waals surface area (Å²) >= 11 is 0. The van der Waals surface area contributed by atoms with Gasteiger partial charge in [-0.15, -0.1) is 0 Å². The summed E-state index contributed by atoms with van der Waals surface area (Å²) in [4.78, 5) is 25.0. The number of nitrogens with one attached hydrogen (secondary N) is 2. The standard InChI is InChI=1S/C13H12N2O4S/c1-9(16)10-3-2-4-11(7-10)15-20(18,19)13-8-14-6-5-12(13)17/h2-8,15H,1H3,(H,14,17). The van der Waals surface area contributed by atoms with Crippen LogP contribution in [-0.2, 0) is 10.0 Å². The van der Waals surface area contributed by atoms with E-state index >= 15 is 0 Å². The second kappa shape index (κ2) is 5.30. The van der Waals surface area contributed by atoms with Gasteiger partial charge in [0.15, 0.2) is 10.7 Å². The largest absolute Gasteiger partial charge is 0.366 e. The second-order valence-corrected chi connectivity index (χ2v) is 5.77. The molecule has 0 spiro atoms. The Hall–Kier alpha value is -2.41. The van der Waals surface area contributed by atoms with Gasteiger partial charge in [-0.1, -0.05) is 12.1 Å². The Balaban J connectivity index is 2.39. The average molecular weight is 292 g/mol. The fourth-order valence-corrected chi connectivity index (χ4v) is 2.73. The maximum absolute atomic E-state index is 12.1. The Kier molecular flexibility index (Phi) is 3.71. The van der Waals surface area contributed by atoms with Crippen LogP contribution in [0.4, 0.5) is 5.69 Å². The molecule has 0 aliphatic rings. The van der Waals surface area contributed by atoms with Crippen molar-refractivity contribution in [3.63, 3.8) is 0 Å². The number of benzene rings is 1. The molecule has 1 aromatic heterocycles. The van der Waals surface area contributed by atoms with E-state index in [-0.39, 0.29) is 16.4 Å². The van der Waals surface area contributed by atoms with Crippen molar-refractivity contribution in [1.82, 2.24) is 4.98 Å². The van der Waals surface area contributed by atoms with Crippen LogP contribution in [0.3, 0.4) is 0 Å². The van der Waals surface area contributed by atoms with Gasteiger partial charge >= 0.3 is 0 Å². The summed E-state index contributed by atoms with van der Waals surface area (Å²) in [7, 11) is -3.99. The molecule has 0 radical (unpaired) electrons. The van der Waals surface area contributed by atoms with Gasteiger partial charge in [-0.05, 0) is 19.1 Å². The van der Waals surface area contributed by atoms with Gasteiger partial charge in [-0.3, -0.25) is 14.3 Å². The van der Waals surface area contributed by atoms with E-state index < -0.39 is 15.5 Å². The predicted octanol–water partition coefficient (Wildman–Crippen LogP) is 1.38. The maximum atomic E-state index is 12.1. The van der Waals surface area contributed by atoms with Crippen LogP contribution in [0.2, 0.25) is 0 Å². The topological polar surface area (TPSA) is 96.1 Å². The van der Waals surface area contributed by atoms with Crippen LogP contribution in [0.25, 0.3) is 0 Å². The lowest BCUT2D eigenvalue weighted by Gasteiger charge is -2.08. The quantitative estimate of drug-likeness (QED) is 0.832. The summed E-state index contributed by atoms with van der Waals surface area (Å²) in [6, 6.07) is 7.18. The molecule has 2 rings (SSSR count). The highest BCUT2D eigenvalue weighted by Gasteiger charge is 2.17. The van der Waals surface area contributed by atoms with Crippen molar-refractivity contribution in [2.75, 3.05) is 4.72 Å². The van der Waals surface area contributed by atoms with E-state index in [0.29, 0.717) is 5.56 Å². The molecule has 1 heterocycles. The first kappa shape index (κ1) is 14.0. The molecule has 1 aromatic carbocycles. The van der Waals surface area contributed by atoms with Crippen molar-refractivity contribution in [1.29, 1.82) is 0 Å². The number of hydrogen-bond donors (Lipinski definition) is 2. The highest BCUT2D eigenvalue weighted by Crippen LogP contribution is 2.15. The molecule has 0 unspecified atom stereocenters. The first-order chi connectivity index (χ1) is 9.40. The zero-order chi connectivity index (χ0) is 14.8. The van der Waals surface area contributed by atoms with Crippen LogP contribution in [0.5, 0.6) is 0 Å². The lowest BCUT2D eigenvalue weighted by Crippen LogP contribution is -2.21. The van der Waals surface area contributed by atoms with Crippen molar-refractivity contribution >= 4 is 21.5 Å². The van der Waals surface area contributed by atoms with Crippen LogP contribution in [0.15, 0.2) is 52.4 Å². The Bertz CT molecular complexity index is 809. The number of Topliss-reactive ketones (excluding diaryl/α,β-unsaturated/α-hetero) is 1. The molecule has 2 N–H and O–H groups in total. The molecular weight excluding hydrogens is 280 g/mol. The van der Waals surface area contributed by atoms with Crippen molar-refractivity contribution in [2.45, 2.75) is 11.8 Å². The summed E-state index contributed by atoms with van der Waals surface area (Å²) in [6.07, 6.45) is 2.46. The van der Waals surface area contributed by atoms with Gasteiger partial charge in [0.05, 0.1) is 0 Å². The highest BCUT2D eigenvalue weighted by molar-refractivity contribution is 7.92. The molecule has 0 aliphatic heterocycles. The van der Waals surface area contributed by atoms with E-state index in [1.54, 1.807) is 12.1 Å². The van der Waals surface area contributed by atoms with E-state index in [4.69, 9.17) is 0 Å². The number of aromatic nitrogens is 1. The lowest BCUT2D eigenvalue weighted by atomic mass is 10.1. The number of carbonyl (C=O) groups excluding carboxylic acids is 1. The molecule has 7 heteroatoms. The van der Waals surface area contributed by atoms with Crippen LogP contribution < -0.4 is 10.2 Å². The molecule has 2 aromatic rings. The number of anilines is 1. The van der Waals surface area contributed by atoms with E-state index in [9.17, 15) is 18.0 Å². The summed E-state index contributed by atoms with van der Waals surface area (Å²) in [6.45, 7) is 1.38. The zero-order valence-corrected chi connectivity index (χ0v) is 11.4. The zero-order valence-electron chi connectivity index (χ0n) is 10.6. The predicted molar refractivity (Wildman–Crippen MR) is 74.3 cm³/mol. The van der Waals surface area contributed by atoms with Crippen LogP contribution in [0.1, 0.15) is 17.3 Å². The van der Waals surface area contributed by atoms with Crippen LogP contribution in [0, 0.1) is 0 Å². The van der Waals surface area contributed by atoms with Gasteiger partial charge in [0.25, 0.3) is 10.0 Å². The van der Waals surface area contributed by atoms with E-state index in [2.05, 4.69) is 9.71 Å². The molecule has 20 heavy (non-hydrogen) atoms. The average Bonchev–Trinajstić information content (AvgIpc) is 2.38. The summed E-state index contributed by atoms with van der Waals surface area (Å²) < 4.78 is 26.4. The number of aromatic amines is 1. The van der Waals surface area contributed by atoms with Gasteiger partial charge in [0, 0.05) is 29.7 Å². The normalized spacial score (nSPS) is 11.1. The number of rotatable bonds is 4. The van der Waals surface area contributed by atoms with Crippen molar-refractivity contribution < 1.29 is 13.2 Å². The van der Waals surface area contributed by atoms with Gasteiger partial charge in [-0.2, -0.15) is 0 Å². The summed E-state index contributed by atoms with van der Waals surface area (Å²) in [5.41, 5.74) is -0.00732. The molecule has 0 amide bonds. The van der Waals surface area contributed by atoms with E-state index in [1.165, 1.54) is 25.3 Å². The number of pyridine rings is 1. The lowest BCUT2D eigenvalue weighted by molar-refractivity contribution is 0.101. The van der Waals surface area contributed by atoms with Crippen LogP contribution >= 0.6 is 0 Å². The number of H-pyrrole nitrogens is 1. The van der Waals surface area contributed by atoms with Crippen molar-refractivity contribution in [3.8, 4) is 0 Å². The SMILES string of the molecule is CC(=O)c1cccc(NS(=O)(=O)c2c[nH]ccc2=O)c1. The summed E-state index contributed by atoms with van der Waals surface area (Å²) in [5, 5.41) is 0. The van der Waals surface area contributed by atoms with Gasteiger partial charge in [0.2, 0.25) is 5.43 Å². The van der Waals surface area contributed by atoms with E-state index in [0.717, 1.165) is 12.3 Å². The fraction of sp³-hybridized carbons (Fsp3) is 0.0769. The second-order valence-electron chi connectivity index (χ2n) is 4.12. The number of carbonyl (C=O) groups is 1. The first-order valence-corrected chi connectivity index (χ1v) is 7.19. The fourth-order valence-electron chi connectivity index (χ4n) is 1.62. The Morgan fingerprint density at radius 1 is 1.25 bits per heavy atom. The molecule has 0 saturated heterocycles. The molecule has 0 atom stereocenters. The summed E-state index contributed by atoms with van der Waals surface area (Å²) in [5.74, 6) is -0.177. The molecule has 104 valence electrons. The van der Waals surface area contributed by atoms with Gasteiger partial charge < -0.3 is 4.98 Å². The minimum Gasteiger partial charge on any atom is -0.366 e. The Labute approximate surface area is 115 Å². The molecule has 0 bridgehead atoms. The third kappa shape index (κ3) is 2.94. The van der Waals surface area contributed by atoms with E-state index in [1.807, 2.05) is 0 Å². The minimum atomic E-state index is -3.99. The molecule has 0 fully saturated rings. The van der Waals surface area contributed by atoms with Crippen molar-refractivity contribution in [3.05, 3.63) is 58.5 Å². The molecule has 0 aliphatic carbocycles. The maximum Gasteiger partial charge on any atom is 0.267 e. The minimum absolute atomic E-state index is 0.177. The molecule has 0 saturated carbocycles. The number of ketones is 1. The Morgan fingerprint density at radius 2 is 2.00 bits per heavy atom. The van der Waals surface area contributed by atoms with Gasteiger partial charge in [-0.25, -0.2) is 8.42 Å².